The molecule has 0 spiro atoms. The molecule has 8 nitrogen and oxygen atoms in total. The maximum absolute atomic E-state index is 11.0. The molecule has 2 rings (SSSR count). The summed E-state index contributed by atoms with van der Waals surface area (Å²) in [6, 6.07) is 0. The first-order valence-corrected chi connectivity index (χ1v) is 6.92. The van der Waals surface area contributed by atoms with Gasteiger partial charge >= 0.3 is 0 Å². The van der Waals surface area contributed by atoms with Crippen LogP contribution in [0.1, 0.15) is 38.8 Å². The maximum Gasteiger partial charge on any atom is 0.225 e. The first-order valence-electron chi connectivity index (χ1n) is 6.92. The van der Waals surface area contributed by atoms with Gasteiger partial charge in [0.25, 0.3) is 0 Å². The normalized spacial score (nSPS) is 11.8. The maximum atomic E-state index is 11.0. The zero-order valence-corrected chi connectivity index (χ0v) is 12.7. The minimum Gasteiger partial charge on any atom is -0.369 e. The number of aromatic nitrogens is 6. The molecule has 2 N–H and O–H groups in total. The molecule has 2 aromatic rings. The van der Waals surface area contributed by atoms with E-state index in [1.54, 1.807) is 11.0 Å². The molecule has 1 amide bonds. The zero-order chi connectivity index (χ0) is 15.5. The summed E-state index contributed by atoms with van der Waals surface area (Å²) in [5, 5.41) is 8.47. The minimum atomic E-state index is -0.421. The Bertz CT molecular complexity index is 595. The Labute approximate surface area is 123 Å². The van der Waals surface area contributed by atoms with Gasteiger partial charge in [0.2, 0.25) is 5.91 Å². The van der Waals surface area contributed by atoms with Gasteiger partial charge in [-0.05, 0) is 27.2 Å². The summed E-state index contributed by atoms with van der Waals surface area (Å²) in [5.74, 6) is 0.919. The Hall–Kier alpha value is -2.25. The Morgan fingerprint density at radius 1 is 1.38 bits per heavy atom. The van der Waals surface area contributed by atoms with Gasteiger partial charge in [-0.1, -0.05) is 0 Å². The molecule has 0 aliphatic heterocycles. The molecular formula is C13H21N7O. The molecule has 114 valence electrons. The fraction of sp³-hybridized carbons (Fsp3) is 0.615. The monoisotopic (exact) mass is 291 g/mol. The van der Waals surface area contributed by atoms with E-state index in [1.165, 1.54) is 6.33 Å². The minimum absolute atomic E-state index is 0.0686. The van der Waals surface area contributed by atoms with Crippen molar-refractivity contribution in [1.29, 1.82) is 0 Å². The predicted molar refractivity (Wildman–Crippen MR) is 76.3 cm³/mol. The molecule has 0 aliphatic rings. The molecule has 0 saturated heterocycles. The van der Waals surface area contributed by atoms with Crippen LogP contribution in [0.5, 0.6) is 0 Å². The van der Waals surface area contributed by atoms with Crippen molar-refractivity contribution < 1.29 is 4.79 Å². The van der Waals surface area contributed by atoms with Gasteiger partial charge in [-0.3, -0.25) is 9.48 Å². The number of carbonyl (C=O) groups excluding carboxylic acids is 1. The largest absolute Gasteiger partial charge is 0.369 e. The van der Waals surface area contributed by atoms with Gasteiger partial charge in [0.1, 0.15) is 18.5 Å². The lowest BCUT2D eigenvalue weighted by molar-refractivity contribution is -0.117. The van der Waals surface area contributed by atoms with Gasteiger partial charge in [-0.2, -0.15) is 10.2 Å². The van der Waals surface area contributed by atoms with Crippen LogP contribution in [0.25, 0.3) is 0 Å². The Kier molecular flexibility index (Phi) is 4.35. The van der Waals surface area contributed by atoms with Gasteiger partial charge in [0, 0.05) is 13.0 Å². The van der Waals surface area contributed by atoms with Crippen LogP contribution in [0.15, 0.2) is 12.7 Å². The Morgan fingerprint density at radius 2 is 2.14 bits per heavy atom. The molecule has 0 saturated carbocycles. The molecule has 21 heavy (non-hydrogen) atoms. The lowest BCUT2D eigenvalue weighted by atomic mass is 10.1. The molecule has 8 heteroatoms. The number of nitrogens with two attached hydrogens (primary N) is 1. The number of primary amides is 1. The fourth-order valence-electron chi connectivity index (χ4n) is 2.07. The van der Waals surface area contributed by atoms with Crippen molar-refractivity contribution >= 4 is 5.91 Å². The zero-order valence-electron chi connectivity index (χ0n) is 12.7. The number of hydrogen-bond acceptors (Lipinski definition) is 5. The molecule has 0 aliphatic carbocycles. The van der Waals surface area contributed by atoms with E-state index in [9.17, 15) is 4.79 Å². The van der Waals surface area contributed by atoms with Crippen LogP contribution in [0.3, 0.4) is 0 Å². The van der Waals surface area contributed by atoms with E-state index < -0.39 is 5.91 Å². The topological polar surface area (TPSA) is 105 Å². The van der Waals surface area contributed by atoms with Gasteiger partial charge in [-0.15, -0.1) is 0 Å². The first-order chi connectivity index (χ1) is 9.86. The van der Waals surface area contributed by atoms with Crippen LogP contribution < -0.4 is 5.73 Å². The third-order valence-corrected chi connectivity index (χ3v) is 2.94. The molecule has 0 unspecified atom stereocenters. The second-order valence-electron chi connectivity index (χ2n) is 5.93. The van der Waals surface area contributed by atoms with Crippen molar-refractivity contribution in [3.63, 3.8) is 0 Å². The van der Waals surface area contributed by atoms with Crippen molar-refractivity contribution in [2.45, 2.75) is 52.1 Å². The molecule has 0 atom stereocenters. The average molecular weight is 291 g/mol. The van der Waals surface area contributed by atoms with Crippen molar-refractivity contribution in [3.8, 4) is 0 Å². The van der Waals surface area contributed by atoms with E-state index in [-0.39, 0.29) is 12.0 Å². The Morgan fingerprint density at radius 3 is 2.71 bits per heavy atom. The molecular weight excluding hydrogens is 270 g/mol. The summed E-state index contributed by atoms with van der Waals surface area (Å²) in [4.78, 5) is 19.4. The summed E-state index contributed by atoms with van der Waals surface area (Å²) < 4.78 is 3.65. The van der Waals surface area contributed by atoms with Crippen LogP contribution >= 0.6 is 0 Å². The van der Waals surface area contributed by atoms with Crippen LogP contribution in [-0.2, 0) is 29.7 Å². The van der Waals surface area contributed by atoms with Crippen molar-refractivity contribution in [1.82, 2.24) is 29.5 Å². The van der Waals surface area contributed by atoms with Crippen molar-refractivity contribution in [2.24, 2.45) is 5.73 Å². The summed E-state index contributed by atoms with van der Waals surface area (Å²) in [7, 11) is 0. The molecule has 0 radical (unpaired) electrons. The highest BCUT2D eigenvalue weighted by Crippen LogP contribution is 2.16. The summed E-state index contributed by atoms with van der Waals surface area (Å²) >= 11 is 0. The van der Waals surface area contributed by atoms with Crippen LogP contribution in [0.4, 0.5) is 0 Å². The molecule has 0 aromatic carbocycles. The van der Waals surface area contributed by atoms with Crippen molar-refractivity contribution in [2.75, 3.05) is 0 Å². The lowest BCUT2D eigenvalue weighted by Crippen LogP contribution is -2.26. The van der Waals surface area contributed by atoms with E-state index in [1.807, 2.05) is 4.68 Å². The second kappa shape index (κ2) is 6.02. The van der Waals surface area contributed by atoms with Crippen LogP contribution in [0.2, 0.25) is 0 Å². The first kappa shape index (κ1) is 15.1. The number of aryl methyl sites for hydroxylation is 2. The highest BCUT2D eigenvalue weighted by atomic mass is 16.1. The second-order valence-corrected chi connectivity index (χ2v) is 5.93. The van der Waals surface area contributed by atoms with Gasteiger partial charge in [0.05, 0.1) is 12.0 Å². The number of nitrogens with zero attached hydrogens (tertiary/aromatic N) is 6. The van der Waals surface area contributed by atoms with E-state index >= 15 is 0 Å². The third-order valence-electron chi connectivity index (χ3n) is 2.94. The molecule has 2 aromatic heterocycles. The van der Waals surface area contributed by atoms with E-state index in [2.05, 4.69) is 40.9 Å². The number of carbonyl (C=O) groups is 1. The van der Waals surface area contributed by atoms with Gasteiger partial charge in [0.15, 0.2) is 5.82 Å². The van der Waals surface area contributed by atoms with E-state index in [0.717, 1.165) is 25.2 Å². The molecule has 0 bridgehead atoms. The third kappa shape index (κ3) is 4.11. The quantitative estimate of drug-likeness (QED) is 0.823. The smallest absolute Gasteiger partial charge is 0.225 e. The molecule has 0 fully saturated rings. The van der Waals surface area contributed by atoms with Gasteiger partial charge < -0.3 is 5.73 Å². The fourth-order valence-corrected chi connectivity index (χ4v) is 2.07. The summed E-state index contributed by atoms with van der Waals surface area (Å²) in [6.07, 6.45) is 4.89. The van der Waals surface area contributed by atoms with Crippen LogP contribution in [-0.4, -0.2) is 35.4 Å². The van der Waals surface area contributed by atoms with Crippen LogP contribution in [0, 0.1) is 0 Å². The SMILES string of the molecule is CC(C)(C)n1nc(CC(N)=O)nc1CCCn1cncn1. The highest BCUT2D eigenvalue weighted by Gasteiger charge is 2.21. The Balaban J connectivity index is 2.08. The standard InChI is InChI=1S/C13H21N7O/c1-13(2,3)20-12(17-11(18-20)7-10(14)21)5-4-6-19-9-15-8-16-19/h8-9H,4-7H2,1-3H3,(H2,14,21). The predicted octanol–water partition coefficient (Wildman–Crippen LogP) is 0.285. The average Bonchev–Trinajstić information content (AvgIpc) is 2.97. The van der Waals surface area contributed by atoms with Gasteiger partial charge in [-0.25, -0.2) is 14.6 Å². The number of rotatable bonds is 6. The van der Waals surface area contributed by atoms with Crippen molar-refractivity contribution in [3.05, 3.63) is 24.3 Å². The number of amides is 1. The summed E-state index contributed by atoms with van der Waals surface area (Å²) in [6.45, 7) is 6.92. The van der Waals surface area contributed by atoms with E-state index in [4.69, 9.17) is 5.73 Å². The highest BCUT2D eigenvalue weighted by molar-refractivity contribution is 5.75. The summed E-state index contributed by atoms with van der Waals surface area (Å²) in [5.41, 5.74) is 5.02. The molecule has 2 heterocycles. The van der Waals surface area contributed by atoms with E-state index in [0.29, 0.717) is 5.82 Å². The number of hydrogen-bond donors (Lipinski definition) is 1. The lowest BCUT2D eigenvalue weighted by Gasteiger charge is -2.21.